The molecule has 4 nitrogen and oxygen atoms in total. The highest BCUT2D eigenvalue weighted by Crippen LogP contribution is 2.22. The van der Waals surface area contributed by atoms with E-state index < -0.39 is 0 Å². The topological polar surface area (TPSA) is 51.2 Å². The smallest absolute Gasteiger partial charge is 0.248 e. The van der Waals surface area contributed by atoms with Gasteiger partial charge in [-0.2, -0.15) is 0 Å². The minimum Gasteiger partial charge on any atom is -0.380 e. The summed E-state index contributed by atoms with van der Waals surface area (Å²) in [5.41, 5.74) is 2.71. The van der Waals surface area contributed by atoms with E-state index in [0.717, 1.165) is 26.5 Å². The van der Waals surface area contributed by atoms with Gasteiger partial charge in [0.1, 0.15) is 5.01 Å². The standard InChI is InChI=1S/C18H16N2O2S/c1-22-12-13-5-4-6-14(11-13)19-17(21)9-10-18-20-15-7-2-3-8-16(15)23-18/h2-11H,12H2,1H3,(H,19,21)/b10-9+. The number of thiazole rings is 1. The van der Waals surface area contributed by atoms with Crippen LogP contribution in [0, 0.1) is 0 Å². The van der Waals surface area contributed by atoms with E-state index in [2.05, 4.69) is 10.3 Å². The molecule has 0 aliphatic rings. The van der Waals surface area contributed by atoms with Crippen LogP contribution in [0.4, 0.5) is 5.69 Å². The lowest BCUT2D eigenvalue weighted by molar-refractivity contribution is -0.111. The predicted molar refractivity (Wildman–Crippen MR) is 94.4 cm³/mol. The summed E-state index contributed by atoms with van der Waals surface area (Å²) in [4.78, 5) is 16.5. The molecule has 0 radical (unpaired) electrons. The van der Waals surface area contributed by atoms with Crippen LogP contribution in [-0.4, -0.2) is 18.0 Å². The molecule has 2 aromatic carbocycles. The molecule has 23 heavy (non-hydrogen) atoms. The zero-order valence-corrected chi connectivity index (χ0v) is 13.5. The number of hydrogen-bond acceptors (Lipinski definition) is 4. The number of methoxy groups -OCH3 is 1. The summed E-state index contributed by atoms with van der Waals surface area (Å²) in [5.74, 6) is -0.182. The van der Waals surface area contributed by atoms with E-state index in [1.54, 1.807) is 24.5 Å². The highest BCUT2D eigenvalue weighted by molar-refractivity contribution is 7.19. The average molecular weight is 324 g/mol. The number of para-hydroxylation sites is 1. The molecule has 1 amide bonds. The van der Waals surface area contributed by atoms with Crippen LogP contribution >= 0.6 is 11.3 Å². The van der Waals surface area contributed by atoms with Crippen LogP contribution in [0.5, 0.6) is 0 Å². The lowest BCUT2D eigenvalue weighted by Crippen LogP contribution is -2.07. The van der Waals surface area contributed by atoms with Gasteiger partial charge in [-0.05, 0) is 35.9 Å². The largest absolute Gasteiger partial charge is 0.380 e. The fourth-order valence-electron chi connectivity index (χ4n) is 2.20. The highest BCUT2D eigenvalue weighted by Gasteiger charge is 2.02. The number of aromatic nitrogens is 1. The minimum absolute atomic E-state index is 0.182. The molecule has 0 aliphatic carbocycles. The number of anilines is 1. The molecule has 0 saturated carbocycles. The molecule has 3 rings (SSSR count). The first kappa shape index (κ1) is 15.4. The third-order valence-corrected chi connectivity index (χ3v) is 4.19. The van der Waals surface area contributed by atoms with E-state index in [-0.39, 0.29) is 5.91 Å². The number of ether oxygens (including phenoxy) is 1. The zero-order valence-electron chi connectivity index (χ0n) is 12.7. The Labute approximate surface area is 138 Å². The Morgan fingerprint density at radius 1 is 1.26 bits per heavy atom. The number of amides is 1. The second kappa shape index (κ2) is 7.17. The maximum absolute atomic E-state index is 12.0. The van der Waals surface area contributed by atoms with Crippen molar-refractivity contribution in [2.24, 2.45) is 0 Å². The first-order valence-corrected chi connectivity index (χ1v) is 7.99. The van der Waals surface area contributed by atoms with Crippen LogP contribution in [-0.2, 0) is 16.1 Å². The summed E-state index contributed by atoms with van der Waals surface area (Å²) in [6, 6.07) is 15.5. The fourth-order valence-corrected chi connectivity index (χ4v) is 3.07. The molecule has 5 heteroatoms. The molecule has 1 aromatic heterocycles. The molecule has 0 saturated heterocycles. The van der Waals surface area contributed by atoms with Gasteiger partial charge in [0.15, 0.2) is 0 Å². The molecule has 3 aromatic rings. The third-order valence-electron chi connectivity index (χ3n) is 3.19. The quantitative estimate of drug-likeness (QED) is 0.719. The Bertz CT molecular complexity index is 822. The molecule has 116 valence electrons. The Morgan fingerprint density at radius 3 is 2.96 bits per heavy atom. The Balaban J connectivity index is 1.67. The second-order valence-electron chi connectivity index (χ2n) is 4.98. The van der Waals surface area contributed by atoms with Gasteiger partial charge in [-0.25, -0.2) is 4.98 Å². The van der Waals surface area contributed by atoms with Gasteiger partial charge in [-0.15, -0.1) is 11.3 Å². The van der Waals surface area contributed by atoms with Crippen molar-refractivity contribution in [3.05, 3.63) is 65.2 Å². The Morgan fingerprint density at radius 2 is 2.13 bits per heavy atom. The number of hydrogen-bond donors (Lipinski definition) is 1. The van der Waals surface area contributed by atoms with Crippen molar-refractivity contribution in [2.45, 2.75) is 6.61 Å². The van der Waals surface area contributed by atoms with E-state index in [9.17, 15) is 4.79 Å². The van der Waals surface area contributed by atoms with E-state index in [0.29, 0.717) is 6.61 Å². The van der Waals surface area contributed by atoms with Crippen molar-refractivity contribution < 1.29 is 9.53 Å². The number of carbonyl (C=O) groups is 1. The zero-order chi connectivity index (χ0) is 16.1. The second-order valence-corrected chi connectivity index (χ2v) is 6.04. The van der Waals surface area contributed by atoms with Gasteiger partial charge in [-0.3, -0.25) is 4.79 Å². The number of nitrogens with one attached hydrogen (secondary N) is 1. The van der Waals surface area contributed by atoms with Crippen molar-refractivity contribution in [2.75, 3.05) is 12.4 Å². The molecule has 0 atom stereocenters. The summed E-state index contributed by atoms with van der Waals surface area (Å²) < 4.78 is 6.20. The fraction of sp³-hybridized carbons (Fsp3) is 0.111. The number of benzene rings is 2. The lowest BCUT2D eigenvalue weighted by Gasteiger charge is -2.04. The molecule has 0 aliphatic heterocycles. The van der Waals surface area contributed by atoms with Crippen molar-refractivity contribution >= 4 is 39.2 Å². The maximum atomic E-state index is 12.0. The van der Waals surface area contributed by atoms with Gasteiger partial charge in [0, 0.05) is 18.9 Å². The molecule has 0 bridgehead atoms. The van der Waals surface area contributed by atoms with Crippen LogP contribution in [0.3, 0.4) is 0 Å². The Hall–Kier alpha value is -2.50. The molecular weight excluding hydrogens is 308 g/mol. The molecule has 1 N–H and O–H groups in total. The van der Waals surface area contributed by atoms with Crippen molar-refractivity contribution in [3.8, 4) is 0 Å². The first-order chi connectivity index (χ1) is 11.2. The predicted octanol–water partition coefficient (Wildman–Crippen LogP) is 4.09. The Kier molecular flexibility index (Phi) is 4.80. The summed E-state index contributed by atoms with van der Waals surface area (Å²) in [6.45, 7) is 0.519. The van der Waals surface area contributed by atoms with Gasteiger partial charge in [-0.1, -0.05) is 24.3 Å². The summed E-state index contributed by atoms with van der Waals surface area (Å²) in [5, 5.41) is 3.65. The SMILES string of the molecule is COCc1cccc(NC(=O)/C=C/c2nc3ccccc3s2)c1. The minimum atomic E-state index is -0.182. The van der Waals surface area contributed by atoms with Crippen LogP contribution in [0.2, 0.25) is 0 Å². The van der Waals surface area contributed by atoms with Crippen molar-refractivity contribution in [1.29, 1.82) is 0 Å². The van der Waals surface area contributed by atoms with E-state index in [1.807, 2.05) is 48.5 Å². The number of fused-ring (bicyclic) bond motifs is 1. The van der Waals surface area contributed by atoms with Crippen LogP contribution in [0.15, 0.2) is 54.6 Å². The van der Waals surface area contributed by atoms with E-state index in [4.69, 9.17) is 4.74 Å². The first-order valence-electron chi connectivity index (χ1n) is 7.17. The van der Waals surface area contributed by atoms with Crippen LogP contribution in [0.25, 0.3) is 16.3 Å². The average Bonchev–Trinajstić information content (AvgIpc) is 2.96. The number of rotatable bonds is 5. The molecule has 0 unspecified atom stereocenters. The van der Waals surface area contributed by atoms with E-state index >= 15 is 0 Å². The van der Waals surface area contributed by atoms with Gasteiger partial charge < -0.3 is 10.1 Å². The van der Waals surface area contributed by atoms with Crippen molar-refractivity contribution in [1.82, 2.24) is 4.98 Å². The summed E-state index contributed by atoms with van der Waals surface area (Å²) in [6.07, 6.45) is 3.24. The normalized spacial score (nSPS) is 11.2. The van der Waals surface area contributed by atoms with Crippen LogP contribution < -0.4 is 5.32 Å². The van der Waals surface area contributed by atoms with Gasteiger partial charge in [0.2, 0.25) is 5.91 Å². The van der Waals surface area contributed by atoms with Crippen molar-refractivity contribution in [3.63, 3.8) is 0 Å². The number of carbonyl (C=O) groups excluding carboxylic acids is 1. The molecular formula is C18H16N2O2S. The highest BCUT2D eigenvalue weighted by atomic mass is 32.1. The lowest BCUT2D eigenvalue weighted by atomic mass is 10.2. The number of nitrogens with zero attached hydrogens (tertiary/aromatic N) is 1. The summed E-state index contributed by atoms with van der Waals surface area (Å²) in [7, 11) is 1.64. The van der Waals surface area contributed by atoms with Gasteiger partial charge >= 0.3 is 0 Å². The van der Waals surface area contributed by atoms with E-state index in [1.165, 1.54) is 6.08 Å². The van der Waals surface area contributed by atoms with Gasteiger partial charge in [0.05, 0.1) is 16.8 Å². The summed E-state index contributed by atoms with van der Waals surface area (Å²) >= 11 is 1.56. The monoisotopic (exact) mass is 324 g/mol. The maximum Gasteiger partial charge on any atom is 0.248 e. The molecule has 0 fully saturated rings. The third kappa shape index (κ3) is 4.03. The molecule has 0 spiro atoms. The van der Waals surface area contributed by atoms with Gasteiger partial charge in [0.25, 0.3) is 0 Å². The van der Waals surface area contributed by atoms with Crippen LogP contribution in [0.1, 0.15) is 10.6 Å². The molecule has 1 heterocycles.